The maximum absolute atomic E-state index is 12.6. The van der Waals surface area contributed by atoms with Gasteiger partial charge in [0.1, 0.15) is 11.6 Å². The van der Waals surface area contributed by atoms with Crippen LogP contribution in [-0.4, -0.2) is 40.2 Å². The van der Waals surface area contributed by atoms with E-state index in [0.717, 1.165) is 48.6 Å². The van der Waals surface area contributed by atoms with Crippen LogP contribution in [0.2, 0.25) is 0 Å². The highest BCUT2D eigenvalue weighted by atomic mass is 16.3. The fourth-order valence-electron chi connectivity index (χ4n) is 3.85. The van der Waals surface area contributed by atoms with Crippen LogP contribution in [0.3, 0.4) is 0 Å². The number of amides is 1. The summed E-state index contributed by atoms with van der Waals surface area (Å²) in [5.74, 6) is 1.38. The van der Waals surface area contributed by atoms with Crippen molar-refractivity contribution in [2.75, 3.05) is 28.6 Å². The van der Waals surface area contributed by atoms with E-state index in [1.54, 1.807) is 12.4 Å². The molecule has 0 radical (unpaired) electrons. The number of carbonyl (C=O) groups excluding carboxylic acids is 1. The zero-order chi connectivity index (χ0) is 22.5. The quantitative estimate of drug-likeness (QED) is 0.543. The van der Waals surface area contributed by atoms with Crippen LogP contribution in [0.1, 0.15) is 47.3 Å². The average molecular weight is 432 g/mol. The number of hydrogen-bond donors (Lipinski definition) is 3. The van der Waals surface area contributed by atoms with E-state index in [0.29, 0.717) is 11.4 Å². The molecule has 1 amide bonds. The Morgan fingerprint density at radius 3 is 2.69 bits per heavy atom. The molecule has 1 atom stereocenters. The van der Waals surface area contributed by atoms with Gasteiger partial charge in [0.15, 0.2) is 0 Å². The Bertz CT molecular complexity index is 1080. The molecule has 7 nitrogen and oxygen atoms in total. The van der Waals surface area contributed by atoms with Crippen LogP contribution >= 0.6 is 0 Å². The van der Waals surface area contributed by atoms with Crippen molar-refractivity contribution in [2.45, 2.75) is 38.8 Å². The number of aliphatic hydroxyl groups excluding tert-OH is 1. The van der Waals surface area contributed by atoms with Crippen LogP contribution in [0.4, 0.5) is 17.3 Å². The van der Waals surface area contributed by atoms with E-state index in [-0.39, 0.29) is 18.1 Å². The van der Waals surface area contributed by atoms with Crippen LogP contribution in [0.15, 0.2) is 60.9 Å². The molecule has 3 aromatic rings. The molecule has 0 unspecified atom stereocenters. The Morgan fingerprint density at radius 2 is 1.91 bits per heavy atom. The maximum atomic E-state index is 12.6. The first kappa shape index (κ1) is 21.8. The van der Waals surface area contributed by atoms with Crippen LogP contribution < -0.4 is 15.5 Å². The van der Waals surface area contributed by atoms with Crippen molar-refractivity contribution in [3.8, 4) is 0 Å². The topological polar surface area (TPSA) is 90.4 Å². The third kappa shape index (κ3) is 5.42. The summed E-state index contributed by atoms with van der Waals surface area (Å²) in [6.45, 7) is 5.57. The fourth-order valence-corrected chi connectivity index (χ4v) is 3.85. The van der Waals surface area contributed by atoms with Crippen LogP contribution in [0.25, 0.3) is 0 Å². The predicted octanol–water partition coefficient (Wildman–Crippen LogP) is 4.17. The highest BCUT2D eigenvalue weighted by Crippen LogP contribution is 2.23. The zero-order valence-electron chi connectivity index (χ0n) is 18.5. The fraction of sp³-hybridized carbons (Fsp3) is 0.320. The molecule has 1 fully saturated rings. The second-order valence-corrected chi connectivity index (χ2v) is 8.30. The Hall–Kier alpha value is -3.45. The van der Waals surface area contributed by atoms with Crippen molar-refractivity contribution >= 4 is 23.2 Å². The molecule has 1 aliphatic rings. The SMILES string of the molecule is Cc1cccc(C(=O)Nc2cccc([C@H](C)Nc3cncc(N4CCC(O)CC4)n3)c2)c1. The molecule has 3 N–H and O–H groups in total. The lowest BCUT2D eigenvalue weighted by Crippen LogP contribution is -2.36. The summed E-state index contributed by atoms with van der Waals surface area (Å²) >= 11 is 0. The smallest absolute Gasteiger partial charge is 0.255 e. The van der Waals surface area contributed by atoms with Gasteiger partial charge in [-0.15, -0.1) is 0 Å². The van der Waals surface area contributed by atoms with Crippen molar-refractivity contribution in [3.05, 3.63) is 77.6 Å². The van der Waals surface area contributed by atoms with E-state index in [1.807, 2.05) is 62.4 Å². The molecule has 1 aromatic heterocycles. The number of hydrogen-bond acceptors (Lipinski definition) is 6. The van der Waals surface area contributed by atoms with Crippen molar-refractivity contribution in [1.82, 2.24) is 9.97 Å². The second kappa shape index (κ2) is 9.78. The number of aromatic nitrogens is 2. The molecule has 2 heterocycles. The lowest BCUT2D eigenvalue weighted by Gasteiger charge is -2.30. The van der Waals surface area contributed by atoms with Crippen molar-refractivity contribution in [1.29, 1.82) is 0 Å². The van der Waals surface area contributed by atoms with Crippen LogP contribution in [-0.2, 0) is 0 Å². The highest BCUT2D eigenvalue weighted by Gasteiger charge is 2.19. The van der Waals surface area contributed by atoms with Gasteiger partial charge in [-0.05, 0) is 56.5 Å². The molecule has 1 saturated heterocycles. The number of anilines is 3. The Labute approximate surface area is 188 Å². The van der Waals surface area contributed by atoms with Crippen molar-refractivity contribution < 1.29 is 9.90 Å². The molecule has 0 bridgehead atoms. The summed E-state index contributed by atoms with van der Waals surface area (Å²) in [5.41, 5.74) is 3.46. The van der Waals surface area contributed by atoms with Gasteiger partial charge in [-0.3, -0.25) is 9.78 Å². The van der Waals surface area contributed by atoms with Gasteiger partial charge < -0.3 is 20.6 Å². The number of aliphatic hydroxyl groups is 1. The van der Waals surface area contributed by atoms with Gasteiger partial charge in [-0.25, -0.2) is 4.98 Å². The third-order valence-electron chi connectivity index (χ3n) is 5.70. The van der Waals surface area contributed by atoms with Gasteiger partial charge in [0.25, 0.3) is 5.91 Å². The lowest BCUT2D eigenvalue weighted by molar-refractivity contribution is 0.102. The Balaban J connectivity index is 1.42. The minimum absolute atomic E-state index is 0.0291. The standard InChI is InChI=1S/C25H29N5O2/c1-17-5-3-7-20(13-17)25(32)28-21-8-4-6-19(14-21)18(2)27-23-15-26-16-24(29-23)30-11-9-22(31)10-12-30/h3-8,13-16,18,22,31H,9-12H2,1-2H3,(H,27,29)(H,28,32)/t18-/m0/s1. The monoisotopic (exact) mass is 431 g/mol. The molecule has 2 aromatic carbocycles. The molecule has 4 rings (SSSR count). The van der Waals surface area contributed by atoms with Gasteiger partial charge in [0.2, 0.25) is 0 Å². The minimum Gasteiger partial charge on any atom is -0.393 e. The third-order valence-corrected chi connectivity index (χ3v) is 5.70. The van der Waals surface area contributed by atoms with Gasteiger partial charge in [-0.1, -0.05) is 29.8 Å². The molecular weight excluding hydrogens is 402 g/mol. The summed E-state index contributed by atoms with van der Waals surface area (Å²) in [7, 11) is 0. The first-order valence-corrected chi connectivity index (χ1v) is 11.0. The first-order chi connectivity index (χ1) is 15.5. The van der Waals surface area contributed by atoms with Crippen LogP contribution in [0, 0.1) is 6.92 Å². The average Bonchev–Trinajstić information content (AvgIpc) is 2.80. The predicted molar refractivity (Wildman–Crippen MR) is 127 cm³/mol. The zero-order valence-corrected chi connectivity index (χ0v) is 18.5. The number of carbonyl (C=O) groups is 1. The molecule has 0 saturated carbocycles. The molecule has 7 heteroatoms. The van der Waals surface area contributed by atoms with Crippen LogP contribution in [0.5, 0.6) is 0 Å². The minimum atomic E-state index is -0.223. The summed E-state index contributed by atoms with van der Waals surface area (Å²) < 4.78 is 0. The highest BCUT2D eigenvalue weighted by molar-refractivity contribution is 6.04. The second-order valence-electron chi connectivity index (χ2n) is 8.30. The van der Waals surface area contributed by atoms with Gasteiger partial charge >= 0.3 is 0 Å². The Morgan fingerprint density at radius 1 is 1.12 bits per heavy atom. The number of piperidine rings is 1. The number of nitrogens with one attached hydrogen (secondary N) is 2. The Kier molecular flexibility index (Phi) is 6.66. The summed E-state index contributed by atoms with van der Waals surface area (Å²) in [6.07, 6.45) is 4.74. The molecule has 0 aliphatic carbocycles. The van der Waals surface area contributed by atoms with Gasteiger partial charge in [0.05, 0.1) is 24.5 Å². The van der Waals surface area contributed by atoms with E-state index in [2.05, 4.69) is 20.5 Å². The van der Waals surface area contributed by atoms with E-state index < -0.39 is 0 Å². The van der Waals surface area contributed by atoms with Crippen molar-refractivity contribution in [2.24, 2.45) is 0 Å². The normalized spacial score (nSPS) is 15.3. The first-order valence-electron chi connectivity index (χ1n) is 11.0. The van der Waals surface area contributed by atoms with E-state index in [9.17, 15) is 9.90 Å². The van der Waals surface area contributed by atoms with E-state index in [1.165, 1.54) is 0 Å². The van der Waals surface area contributed by atoms with E-state index in [4.69, 9.17) is 4.98 Å². The molecule has 32 heavy (non-hydrogen) atoms. The number of rotatable bonds is 6. The van der Waals surface area contributed by atoms with Gasteiger partial charge in [-0.2, -0.15) is 0 Å². The summed E-state index contributed by atoms with van der Waals surface area (Å²) in [5, 5.41) is 16.1. The molecular formula is C25H29N5O2. The number of benzene rings is 2. The number of aryl methyl sites for hydroxylation is 1. The van der Waals surface area contributed by atoms with Gasteiger partial charge in [0, 0.05) is 24.3 Å². The molecule has 166 valence electrons. The maximum Gasteiger partial charge on any atom is 0.255 e. The summed E-state index contributed by atoms with van der Waals surface area (Å²) in [4.78, 5) is 23.8. The lowest BCUT2D eigenvalue weighted by atomic mass is 10.1. The molecule has 0 spiro atoms. The molecule has 1 aliphatic heterocycles. The van der Waals surface area contributed by atoms with E-state index >= 15 is 0 Å². The van der Waals surface area contributed by atoms with Crippen molar-refractivity contribution in [3.63, 3.8) is 0 Å². The number of nitrogens with zero attached hydrogens (tertiary/aromatic N) is 3. The largest absolute Gasteiger partial charge is 0.393 e. The summed E-state index contributed by atoms with van der Waals surface area (Å²) in [6, 6.07) is 15.3.